The van der Waals surface area contributed by atoms with E-state index in [1.165, 1.54) is 12.1 Å². The highest BCUT2D eigenvalue weighted by Crippen LogP contribution is 2.46. The predicted molar refractivity (Wildman–Crippen MR) is 94.3 cm³/mol. The molecule has 0 saturated heterocycles. The Morgan fingerprint density at radius 2 is 1.58 bits per heavy atom. The molecule has 2 N–H and O–H groups in total. The largest absolute Gasteiger partial charge is 0.419 e. The molecule has 168 valence electrons. The molecular formula is C19H15F7N2O3. The van der Waals surface area contributed by atoms with Crippen molar-refractivity contribution in [3.8, 4) is 0 Å². The topological polar surface area (TPSA) is 86.2 Å². The Labute approximate surface area is 170 Å². The van der Waals surface area contributed by atoms with E-state index in [1.54, 1.807) is 0 Å². The maximum absolute atomic E-state index is 14.1. The van der Waals surface area contributed by atoms with E-state index in [9.17, 15) is 45.6 Å². The van der Waals surface area contributed by atoms with Crippen molar-refractivity contribution in [2.24, 2.45) is 5.73 Å². The molecule has 0 aromatic heterocycles. The Balaban J connectivity index is 2.66. The van der Waals surface area contributed by atoms with E-state index < -0.39 is 58.4 Å². The van der Waals surface area contributed by atoms with Crippen molar-refractivity contribution in [1.29, 1.82) is 0 Å². The third-order valence-corrected chi connectivity index (χ3v) is 4.74. The molecule has 0 amide bonds. The summed E-state index contributed by atoms with van der Waals surface area (Å²) < 4.78 is 95.0. The van der Waals surface area contributed by atoms with Crippen molar-refractivity contribution in [2.45, 2.75) is 30.7 Å². The van der Waals surface area contributed by atoms with E-state index in [1.807, 2.05) is 0 Å². The summed E-state index contributed by atoms with van der Waals surface area (Å²) >= 11 is 0. The summed E-state index contributed by atoms with van der Waals surface area (Å²) in [5.41, 5.74) is -1.18. The van der Waals surface area contributed by atoms with E-state index in [0.29, 0.717) is 11.6 Å². The zero-order valence-corrected chi connectivity index (χ0v) is 15.6. The van der Waals surface area contributed by atoms with Crippen LogP contribution >= 0.6 is 0 Å². The molecule has 2 aromatic rings. The summed E-state index contributed by atoms with van der Waals surface area (Å²) in [6, 6.07) is 5.39. The molecule has 2 aromatic carbocycles. The van der Waals surface area contributed by atoms with Gasteiger partial charge in [-0.1, -0.05) is 30.3 Å². The van der Waals surface area contributed by atoms with Crippen molar-refractivity contribution in [1.82, 2.24) is 0 Å². The SMILES string of the molecule is NCc1ccc(C(=O)CC(C[N+](=O)[O-])(c2ccc(F)c(C(F)(F)F)c2)C(F)(F)F)cc1. The molecule has 5 nitrogen and oxygen atoms in total. The van der Waals surface area contributed by atoms with E-state index in [0.717, 1.165) is 12.1 Å². The fourth-order valence-corrected chi connectivity index (χ4v) is 3.07. The van der Waals surface area contributed by atoms with E-state index in [-0.39, 0.29) is 24.2 Å². The van der Waals surface area contributed by atoms with E-state index in [4.69, 9.17) is 5.73 Å². The lowest BCUT2D eigenvalue weighted by molar-refractivity contribution is -0.501. The van der Waals surface area contributed by atoms with Crippen LogP contribution in [0.5, 0.6) is 0 Å². The number of ketones is 1. The van der Waals surface area contributed by atoms with Crippen LogP contribution in [0, 0.1) is 15.9 Å². The quantitative estimate of drug-likeness (QED) is 0.287. The van der Waals surface area contributed by atoms with Gasteiger partial charge in [-0.15, -0.1) is 0 Å². The second-order valence-electron chi connectivity index (χ2n) is 6.76. The monoisotopic (exact) mass is 452 g/mol. The maximum atomic E-state index is 14.1. The van der Waals surface area contributed by atoms with Gasteiger partial charge in [0.15, 0.2) is 11.2 Å². The molecule has 0 radical (unpaired) electrons. The van der Waals surface area contributed by atoms with Gasteiger partial charge in [-0.25, -0.2) is 4.39 Å². The molecule has 1 atom stereocenters. The number of hydrogen-bond donors (Lipinski definition) is 1. The first-order valence-corrected chi connectivity index (χ1v) is 8.59. The lowest BCUT2D eigenvalue weighted by Gasteiger charge is -2.32. The predicted octanol–water partition coefficient (Wildman–Crippen LogP) is 4.65. The van der Waals surface area contributed by atoms with Gasteiger partial charge < -0.3 is 5.73 Å². The molecule has 0 aliphatic carbocycles. The van der Waals surface area contributed by atoms with E-state index in [2.05, 4.69) is 0 Å². The molecule has 2 rings (SSSR count). The number of rotatable bonds is 7. The highest BCUT2D eigenvalue weighted by molar-refractivity contribution is 5.97. The van der Waals surface area contributed by atoms with Gasteiger partial charge in [-0.2, -0.15) is 26.3 Å². The van der Waals surface area contributed by atoms with Crippen LogP contribution < -0.4 is 5.73 Å². The number of Topliss-reactive ketones (excluding diaryl/α,β-unsaturated/α-hetero) is 1. The molecule has 12 heteroatoms. The van der Waals surface area contributed by atoms with Crippen LogP contribution in [-0.2, 0) is 18.1 Å². The van der Waals surface area contributed by atoms with Gasteiger partial charge in [-0.3, -0.25) is 14.9 Å². The van der Waals surface area contributed by atoms with Crippen LogP contribution in [0.3, 0.4) is 0 Å². The Morgan fingerprint density at radius 3 is 2.03 bits per heavy atom. The number of halogens is 7. The standard InChI is InChI=1S/C19H15F7N2O3/c20-15-6-5-13(7-14(15)18(21,22)23)17(10-28(30)31,19(24,25)26)8-16(29)12-3-1-11(9-27)2-4-12/h1-7H,8-10,27H2. The van der Waals surface area contributed by atoms with Gasteiger partial charge in [0.05, 0.1) is 5.56 Å². The Bertz CT molecular complexity index is 972. The number of alkyl halides is 6. The lowest BCUT2D eigenvalue weighted by Crippen LogP contribution is -2.49. The molecule has 0 aliphatic rings. The average molecular weight is 452 g/mol. The first-order valence-electron chi connectivity index (χ1n) is 8.59. The third-order valence-electron chi connectivity index (χ3n) is 4.74. The molecule has 0 saturated carbocycles. The first-order chi connectivity index (χ1) is 14.2. The number of benzene rings is 2. The zero-order chi connectivity index (χ0) is 23.6. The Morgan fingerprint density at radius 1 is 1.00 bits per heavy atom. The second kappa shape index (κ2) is 8.61. The summed E-state index contributed by atoms with van der Waals surface area (Å²) in [7, 11) is 0. The minimum Gasteiger partial charge on any atom is -0.326 e. The molecule has 0 bridgehead atoms. The highest BCUT2D eigenvalue weighted by atomic mass is 19.4. The number of carbonyl (C=O) groups is 1. The molecule has 31 heavy (non-hydrogen) atoms. The average Bonchev–Trinajstić information content (AvgIpc) is 2.65. The van der Waals surface area contributed by atoms with Crippen LogP contribution in [0.2, 0.25) is 0 Å². The lowest BCUT2D eigenvalue weighted by atomic mass is 9.74. The van der Waals surface area contributed by atoms with Gasteiger partial charge in [0.1, 0.15) is 5.82 Å². The summed E-state index contributed by atoms with van der Waals surface area (Å²) in [5, 5.41) is 11.1. The third kappa shape index (κ3) is 5.19. The summed E-state index contributed by atoms with van der Waals surface area (Å²) in [6.45, 7) is -1.84. The van der Waals surface area contributed by atoms with E-state index >= 15 is 0 Å². The number of nitrogens with two attached hydrogens (primary N) is 1. The first kappa shape index (κ1) is 24.3. The Hall–Kier alpha value is -3.02. The van der Waals surface area contributed by atoms with Crippen molar-refractivity contribution in [3.63, 3.8) is 0 Å². The number of hydrogen-bond acceptors (Lipinski definition) is 4. The normalized spacial score (nSPS) is 14.2. The molecule has 0 heterocycles. The Kier molecular flexibility index (Phi) is 6.74. The second-order valence-corrected chi connectivity index (χ2v) is 6.76. The number of nitrogens with zero attached hydrogens (tertiary/aromatic N) is 1. The van der Waals surface area contributed by atoms with Gasteiger partial charge in [0.25, 0.3) is 0 Å². The van der Waals surface area contributed by atoms with Crippen molar-refractivity contribution in [3.05, 3.63) is 80.6 Å². The molecule has 0 fully saturated rings. The summed E-state index contributed by atoms with van der Waals surface area (Å²) in [6.07, 6.45) is -12.4. The van der Waals surface area contributed by atoms with Gasteiger partial charge >= 0.3 is 12.4 Å². The van der Waals surface area contributed by atoms with Crippen LogP contribution in [0.4, 0.5) is 30.7 Å². The molecular weight excluding hydrogens is 437 g/mol. The summed E-state index contributed by atoms with van der Waals surface area (Å²) in [4.78, 5) is 22.2. The highest BCUT2D eigenvalue weighted by Gasteiger charge is 2.61. The van der Waals surface area contributed by atoms with Crippen molar-refractivity contribution >= 4 is 5.78 Å². The number of carbonyl (C=O) groups excluding carboxylic acids is 1. The zero-order valence-electron chi connectivity index (χ0n) is 15.6. The molecule has 0 aliphatic heterocycles. The molecule has 0 spiro atoms. The smallest absolute Gasteiger partial charge is 0.326 e. The fraction of sp³-hybridized carbons (Fsp3) is 0.316. The van der Waals surface area contributed by atoms with Gasteiger partial charge in [-0.05, 0) is 23.3 Å². The van der Waals surface area contributed by atoms with Gasteiger partial charge in [0.2, 0.25) is 6.54 Å². The van der Waals surface area contributed by atoms with Crippen LogP contribution in [0.25, 0.3) is 0 Å². The van der Waals surface area contributed by atoms with Crippen molar-refractivity contribution < 1.29 is 40.5 Å². The molecule has 1 unspecified atom stereocenters. The van der Waals surface area contributed by atoms with Crippen LogP contribution in [0.1, 0.15) is 33.5 Å². The minimum atomic E-state index is -5.51. The van der Waals surface area contributed by atoms with Crippen molar-refractivity contribution in [2.75, 3.05) is 6.54 Å². The summed E-state index contributed by atoms with van der Waals surface area (Å²) in [5.74, 6) is -3.04. The number of nitro groups is 1. The maximum Gasteiger partial charge on any atom is 0.419 e. The minimum absolute atomic E-state index is 0.0814. The van der Waals surface area contributed by atoms with Crippen LogP contribution in [-0.4, -0.2) is 23.4 Å². The van der Waals surface area contributed by atoms with Crippen LogP contribution in [0.15, 0.2) is 42.5 Å². The van der Waals surface area contributed by atoms with Gasteiger partial charge in [0, 0.05) is 23.5 Å². The fourth-order valence-electron chi connectivity index (χ4n) is 3.07.